The molecule has 0 saturated heterocycles. The molecule has 208 valence electrons. The van der Waals surface area contributed by atoms with Crippen LogP contribution in [0.3, 0.4) is 0 Å². The summed E-state index contributed by atoms with van der Waals surface area (Å²) in [5.41, 5.74) is 0. The first-order valence-corrected chi connectivity index (χ1v) is 13.4. The SMILES string of the molecule is C=CC(C/C=C\COC(=O)CCN(CC)CCCN(CCO)CCO)CC/C=C/COC(=O)CCC. The molecule has 0 saturated carbocycles. The topological polar surface area (TPSA) is 99.5 Å². The summed E-state index contributed by atoms with van der Waals surface area (Å²) in [5.74, 6) is -0.0188. The van der Waals surface area contributed by atoms with Gasteiger partial charge < -0.3 is 24.6 Å². The Morgan fingerprint density at radius 1 is 0.833 bits per heavy atom. The van der Waals surface area contributed by atoms with E-state index in [9.17, 15) is 9.59 Å². The summed E-state index contributed by atoms with van der Waals surface area (Å²) in [6, 6.07) is 0. The van der Waals surface area contributed by atoms with Crippen molar-refractivity contribution in [3.8, 4) is 0 Å². The zero-order chi connectivity index (χ0) is 26.9. The molecule has 0 radical (unpaired) electrons. The Morgan fingerprint density at radius 3 is 2.03 bits per heavy atom. The lowest BCUT2D eigenvalue weighted by Gasteiger charge is -2.23. The lowest BCUT2D eigenvalue weighted by molar-refractivity contribution is -0.143. The molecule has 0 bridgehead atoms. The molecular weight excluding hydrogens is 460 g/mol. The molecule has 0 spiro atoms. The molecule has 36 heavy (non-hydrogen) atoms. The Balaban J connectivity index is 4.01. The molecule has 1 atom stereocenters. The maximum absolute atomic E-state index is 12.1. The molecular formula is C28H50N2O6. The van der Waals surface area contributed by atoms with Crippen LogP contribution in [-0.2, 0) is 19.1 Å². The van der Waals surface area contributed by atoms with Gasteiger partial charge in [-0.05, 0) is 57.7 Å². The quantitative estimate of drug-likeness (QED) is 0.151. The molecule has 8 nitrogen and oxygen atoms in total. The van der Waals surface area contributed by atoms with Gasteiger partial charge in [-0.25, -0.2) is 0 Å². The van der Waals surface area contributed by atoms with Crippen LogP contribution in [0.15, 0.2) is 37.0 Å². The summed E-state index contributed by atoms with van der Waals surface area (Å²) in [5, 5.41) is 18.2. The molecule has 8 heteroatoms. The van der Waals surface area contributed by atoms with Crippen LogP contribution < -0.4 is 0 Å². The van der Waals surface area contributed by atoms with Gasteiger partial charge in [-0.1, -0.05) is 44.2 Å². The minimum absolute atomic E-state index is 0.0858. The number of rotatable bonds is 24. The van der Waals surface area contributed by atoms with Crippen LogP contribution in [-0.4, -0.2) is 97.6 Å². The molecule has 0 aliphatic rings. The number of carbonyl (C=O) groups excluding carboxylic acids is 2. The van der Waals surface area contributed by atoms with Crippen LogP contribution in [0.25, 0.3) is 0 Å². The van der Waals surface area contributed by atoms with E-state index in [-0.39, 0.29) is 31.8 Å². The van der Waals surface area contributed by atoms with Gasteiger partial charge in [-0.3, -0.25) is 14.5 Å². The van der Waals surface area contributed by atoms with Crippen molar-refractivity contribution >= 4 is 11.9 Å². The van der Waals surface area contributed by atoms with Crippen LogP contribution in [0.2, 0.25) is 0 Å². The Bertz CT molecular complexity index is 617. The van der Waals surface area contributed by atoms with Crippen LogP contribution in [0.1, 0.15) is 58.8 Å². The number of carbonyl (C=O) groups is 2. The van der Waals surface area contributed by atoms with E-state index in [1.165, 1.54) is 0 Å². The Labute approximate surface area is 218 Å². The number of esters is 2. The first-order valence-electron chi connectivity index (χ1n) is 13.4. The van der Waals surface area contributed by atoms with Gasteiger partial charge in [-0.15, -0.1) is 6.58 Å². The predicted molar refractivity (Wildman–Crippen MR) is 145 cm³/mol. The van der Waals surface area contributed by atoms with E-state index in [1.54, 1.807) is 0 Å². The average Bonchev–Trinajstić information content (AvgIpc) is 2.86. The van der Waals surface area contributed by atoms with E-state index in [2.05, 4.69) is 18.4 Å². The normalized spacial score (nSPS) is 12.6. The van der Waals surface area contributed by atoms with Gasteiger partial charge in [0.05, 0.1) is 19.6 Å². The molecule has 0 aliphatic carbocycles. The Hall–Kier alpha value is -2.00. The van der Waals surface area contributed by atoms with E-state index in [0.29, 0.717) is 45.0 Å². The van der Waals surface area contributed by atoms with Crippen molar-refractivity contribution in [1.82, 2.24) is 9.80 Å². The fraction of sp³-hybridized carbons (Fsp3) is 0.714. The first-order chi connectivity index (χ1) is 17.5. The lowest BCUT2D eigenvalue weighted by Crippen LogP contribution is -2.34. The Morgan fingerprint density at radius 2 is 1.44 bits per heavy atom. The average molecular weight is 511 g/mol. The molecule has 0 aromatic rings. The Kier molecular flexibility index (Phi) is 23.3. The van der Waals surface area contributed by atoms with Crippen molar-refractivity contribution in [3.05, 3.63) is 37.0 Å². The van der Waals surface area contributed by atoms with Crippen molar-refractivity contribution in [3.63, 3.8) is 0 Å². The van der Waals surface area contributed by atoms with Crippen LogP contribution in [0.4, 0.5) is 0 Å². The van der Waals surface area contributed by atoms with Gasteiger partial charge in [0, 0.05) is 26.1 Å². The molecule has 2 N–H and O–H groups in total. The maximum atomic E-state index is 12.1. The number of hydrogen-bond donors (Lipinski definition) is 2. The minimum Gasteiger partial charge on any atom is -0.461 e. The molecule has 0 aromatic heterocycles. The van der Waals surface area contributed by atoms with E-state index in [1.807, 2.05) is 42.2 Å². The van der Waals surface area contributed by atoms with Gasteiger partial charge in [-0.2, -0.15) is 0 Å². The first kappa shape index (κ1) is 34.0. The van der Waals surface area contributed by atoms with Gasteiger partial charge >= 0.3 is 11.9 Å². The summed E-state index contributed by atoms with van der Waals surface area (Å²) in [6.45, 7) is 13.0. The van der Waals surface area contributed by atoms with E-state index >= 15 is 0 Å². The van der Waals surface area contributed by atoms with E-state index in [0.717, 1.165) is 51.7 Å². The summed E-state index contributed by atoms with van der Waals surface area (Å²) in [7, 11) is 0. The zero-order valence-electron chi connectivity index (χ0n) is 22.6. The van der Waals surface area contributed by atoms with E-state index < -0.39 is 0 Å². The van der Waals surface area contributed by atoms with Crippen molar-refractivity contribution < 1.29 is 29.3 Å². The monoisotopic (exact) mass is 510 g/mol. The second-order valence-corrected chi connectivity index (χ2v) is 8.69. The highest BCUT2D eigenvalue weighted by Gasteiger charge is 2.09. The summed E-state index contributed by atoms with van der Waals surface area (Å²) in [4.78, 5) is 27.6. The number of hydrogen-bond acceptors (Lipinski definition) is 8. The third kappa shape index (κ3) is 20.2. The second kappa shape index (κ2) is 24.7. The molecule has 0 heterocycles. The second-order valence-electron chi connectivity index (χ2n) is 8.69. The third-order valence-electron chi connectivity index (χ3n) is 5.81. The number of aliphatic hydroxyl groups is 2. The van der Waals surface area contributed by atoms with Crippen LogP contribution in [0.5, 0.6) is 0 Å². The molecule has 1 unspecified atom stereocenters. The van der Waals surface area contributed by atoms with Gasteiger partial charge in [0.15, 0.2) is 0 Å². The fourth-order valence-electron chi connectivity index (χ4n) is 3.61. The number of nitrogens with zero attached hydrogens (tertiary/aromatic N) is 2. The molecule has 0 aromatic carbocycles. The number of allylic oxidation sites excluding steroid dienone is 3. The third-order valence-corrected chi connectivity index (χ3v) is 5.81. The van der Waals surface area contributed by atoms with E-state index in [4.69, 9.17) is 19.7 Å². The highest BCUT2D eigenvalue weighted by Crippen LogP contribution is 2.13. The van der Waals surface area contributed by atoms with Crippen molar-refractivity contribution in [2.75, 3.05) is 65.7 Å². The summed E-state index contributed by atoms with van der Waals surface area (Å²) < 4.78 is 10.4. The minimum atomic E-state index is -0.203. The predicted octanol–water partition coefficient (Wildman–Crippen LogP) is 3.35. The van der Waals surface area contributed by atoms with Crippen molar-refractivity contribution in [1.29, 1.82) is 0 Å². The van der Waals surface area contributed by atoms with Crippen molar-refractivity contribution in [2.45, 2.75) is 58.8 Å². The smallest absolute Gasteiger partial charge is 0.307 e. The summed E-state index contributed by atoms with van der Waals surface area (Å²) >= 11 is 0. The maximum Gasteiger partial charge on any atom is 0.307 e. The standard InChI is InChI=1S/C28H50N2O6/c1-4-13-27(33)35-24-10-7-8-14-26(5-2)15-9-11-25-36-28(34)16-19-29(6-3)17-12-18-30(20-22-31)21-23-32/h5,7,9-11,26,31-32H,2,4,6,8,12-25H2,1,3H3/b10-7+,11-9-. The van der Waals surface area contributed by atoms with Gasteiger partial charge in [0.1, 0.15) is 13.2 Å². The molecule has 0 rings (SSSR count). The fourth-order valence-corrected chi connectivity index (χ4v) is 3.61. The zero-order valence-corrected chi connectivity index (χ0v) is 22.6. The lowest BCUT2D eigenvalue weighted by atomic mass is 9.99. The highest BCUT2D eigenvalue weighted by molar-refractivity contribution is 5.69. The molecule has 0 fully saturated rings. The van der Waals surface area contributed by atoms with Gasteiger partial charge in [0.25, 0.3) is 0 Å². The summed E-state index contributed by atoms with van der Waals surface area (Å²) in [6.07, 6.45) is 15.0. The number of aliphatic hydroxyl groups excluding tert-OH is 2. The van der Waals surface area contributed by atoms with Crippen LogP contribution in [0, 0.1) is 5.92 Å². The highest BCUT2D eigenvalue weighted by atomic mass is 16.5. The van der Waals surface area contributed by atoms with Gasteiger partial charge in [0.2, 0.25) is 0 Å². The number of ether oxygens (including phenoxy) is 2. The largest absolute Gasteiger partial charge is 0.461 e. The van der Waals surface area contributed by atoms with Crippen molar-refractivity contribution in [2.24, 2.45) is 5.92 Å². The molecule has 0 amide bonds. The molecule has 0 aliphatic heterocycles. The van der Waals surface area contributed by atoms with Crippen LogP contribution >= 0.6 is 0 Å².